The first-order valence-electron chi connectivity index (χ1n) is 7.33. The molecular weight excluding hydrogens is 266 g/mol. The lowest BCUT2D eigenvalue weighted by Crippen LogP contribution is -2.28. The van der Waals surface area contributed by atoms with Gasteiger partial charge in [0.1, 0.15) is 0 Å². The van der Waals surface area contributed by atoms with Crippen LogP contribution in [0.4, 0.5) is 5.69 Å². The summed E-state index contributed by atoms with van der Waals surface area (Å²) in [5.41, 5.74) is 3.94. The molecular formula is C16H21N3S. The molecule has 1 aromatic carbocycles. The smallest absolute Gasteiger partial charge is 0.0928 e. The second-order valence-corrected chi connectivity index (χ2v) is 6.15. The van der Waals surface area contributed by atoms with Gasteiger partial charge in [0.25, 0.3) is 0 Å². The number of fused-ring (bicyclic) bond motifs is 1. The SMILES string of the molecule is CCCc1nc(CN2CCNCc3ccccc32)cs1. The normalized spacial score (nSPS) is 14.9. The van der Waals surface area contributed by atoms with Crippen LogP contribution < -0.4 is 10.2 Å². The summed E-state index contributed by atoms with van der Waals surface area (Å²) in [7, 11) is 0. The number of para-hydroxylation sites is 1. The third-order valence-electron chi connectivity index (χ3n) is 3.62. The molecule has 0 atom stereocenters. The molecule has 20 heavy (non-hydrogen) atoms. The molecule has 2 heterocycles. The fraction of sp³-hybridized carbons (Fsp3) is 0.438. The van der Waals surface area contributed by atoms with Crippen molar-refractivity contribution in [1.82, 2.24) is 10.3 Å². The second kappa shape index (κ2) is 6.37. The van der Waals surface area contributed by atoms with E-state index in [-0.39, 0.29) is 0 Å². The molecule has 3 rings (SSSR count). The van der Waals surface area contributed by atoms with E-state index in [2.05, 4.69) is 46.8 Å². The Balaban J connectivity index is 1.79. The molecule has 1 aromatic heterocycles. The minimum absolute atomic E-state index is 0.916. The third kappa shape index (κ3) is 3.02. The van der Waals surface area contributed by atoms with Crippen molar-refractivity contribution >= 4 is 17.0 Å². The first kappa shape index (κ1) is 13.6. The Kier molecular flexibility index (Phi) is 4.33. The summed E-state index contributed by atoms with van der Waals surface area (Å²) in [5.74, 6) is 0. The van der Waals surface area contributed by atoms with Crippen LogP contribution in [0.25, 0.3) is 0 Å². The van der Waals surface area contributed by atoms with Crippen LogP contribution in [0.1, 0.15) is 29.6 Å². The van der Waals surface area contributed by atoms with E-state index in [0.717, 1.165) is 32.6 Å². The summed E-state index contributed by atoms with van der Waals surface area (Å²) in [6.07, 6.45) is 2.27. The number of benzene rings is 1. The number of thiazole rings is 1. The zero-order valence-electron chi connectivity index (χ0n) is 11.9. The van der Waals surface area contributed by atoms with E-state index < -0.39 is 0 Å². The van der Waals surface area contributed by atoms with Gasteiger partial charge < -0.3 is 10.2 Å². The van der Waals surface area contributed by atoms with E-state index >= 15 is 0 Å². The molecule has 1 aliphatic rings. The van der Waals surface area contributed by atoms with Crippen molar-refractivity contribution in [2.75, 3.05) is 18.0 Å². The van der Waals surface area contributed by atoms with Crippen LogP contribution in [-0.2, 0) is 19.5 Å². The lowest BCUT2D eigenvalue weighted by molar-refractivity contribution is 0.685. The largest absolute Gasteiger partial charge is 0.364 e. The molecule has 1 N–H and O–H groups in total. The van der Waals surface area contributed by atoms with Crippen LogP contribution in [-0.4, -0.2) is 18.1 Å². The van der Waals surface area contributed by atoms with Crippen LogP contribution in [0.5, 0.6) is 0 Å². The summed E-state index contributed by atoms with van der Waals surface area (Å²) in [4.78, 5) is 7.20. The van der Waals surface area contributed by atoms with Gasteiger partial charge in [0.2, 0.25) is 0 Å². The molecule has 0 radical (unpaired) electrons. The summed E-state index contributed by atoms with van der Waals surface area (Å²) in [6, 6.07) is 8.68. The summed E-state index contributed by atoms with van der Waals surface area (Å²) in [6.45, 7) is 6.15. The Labute approximate surface area is 124 Å². The van der Waals surface area contributed by atoms with E-state index in [1.807, 2.05) is 0 Å². The van der Waals surface area contributed by atoms with E-state index in [9.17, 15) is 0 Å². The molecule has 0 unspecified atom stereocenters. The molecule has 4 heteroatoms. The quantitative estimate of drug-likeness (QED) is 0.936. The van der Waals surface area contributed by atoms with Gasteiger partial charge >= 0.3 is 0 Å². The van der Waals surface area contributed by atoms with Gasteiger partial charge in [0, 0.05) is 30.7 Å². The highest BCUT2D eigenvalue weighted by Gasteiger charge is 2.15. The number of hydrogen-bond donors (Lipinski definition) is 1. The van der Waals surface area contributed by atoms with Crippen molar-refractivity contribution in [1.29, 1.82) is 0 Å². The van der Waals surface area contributed by atoms with Crippen LogP contribution in [0, 0.1) is 0 Å². The van der Waals surface area contributed by atoms with Crippen molar-refractivity contribution in [2.24, 2.45) is 0 Å². The number of nitrogens with zero attached hydrogens (tertiary/aromatic N) is 2. The molecule has 0 saturated heterocycles. The fourth-order valence-electron chi connectivity index (χ4n) is 2.64. The summed E-state index contributed by atoms with van der Waals surface area (Å²) >= 11 is 1.80. The van der Waals surface area contributed by atoms with Gasteiger partial charge in [-0.3, -0.25) is 0 Å². The molecule has 0 fully saturated rings. The standard InChI is InChI=1S/C16H21N3S/c1-2-5-16-18-14(12-20-16)11-19-9-8-17-10-13-6-3-4-7-15(13)19/h3-4,6-7,12,17H,2,5,8-11H2,1H3. The Morgan fingerprint density at radius 2 is 2.25 bits per heavy atom. The minimum Gasteiger partial charge on any atom is -0.364 e. The Morgan fingerprint density at radius 3 is 3.15 bits per heavy atom. The molecule has 0 saturated carbocycles. The van der Waals surface area contributed by atoms with Crippen LogP contribution >= 0.6 is 11.3 Å². The van der Waals surface area contributed by atoms with Gasteiger partial charge in [0.05, 0.1) is 17.2 Å². The molecule has 1 aliphatic heterocycles. The zero-order chi connectivity index (χ0) is 13.8. The summed E-state index contributed by atoms with van der Waals surface area (Å²) in [5, 5.41) is 6.97. The predicted molar refractivity (Wildman–Crippen MR) is 85.3 cm³/mol. The number of anilines is 1. The number of aryl methyl sites for hydroxylation is 1. The minimum atomic E-state index is 0.916. The maximum absolute atomic E-state index is 4.75. The molecule has 106 valence electrons. The first-order chi connectivity index (χ1) is 9.86. The predicted octanol–water partition coefficient (Wildman–Crippen LogP) is 3.21. The number of rotatable bonds is 4. The van der Waals surface area contributed by atoms with Crippen molar-refractivity contribution in [3.05, 3.63) is 45.9 Å². The average molecular weight is 287 g/mol. The molecule has 0 amide bonds. The van der Waals surface area contributed by atoms with Crippen molar-refractivity contribution < 1.29 is 0 Å². The van der Waals surface area contributed by atoms with Crippen molar-refractivity contribution in [3.63, 3.8) is 0 Å². The molecule has 0 bridgehead atoms. The lowest BCUT2D eigenvalue weighted by atomic mass is 10.1. The van der Waals surface area contributed by atoms with Gasteiger partial charge in [0.15, 0.2) is 0 Å². The van der Waals surface area contributed by atoms with Crippen molar-refractivity contribution in [3.8, 4) is 0 Å². The maximum Gasteiger partial charge on any atom is 0.0928 e. The van der Waals surface area contributed by atoms with Crippen LogP contribution in [0.2, 0.25) is 0 Å². The monoisotopic (exact) mass is 287 g/mol. The Hall–Kier alpha value is -1.39. The van der Waals surface area contributed by atoms with E-state index in [0.29, 0.717) is 0 Å². The van der Waals surface area contributed by atoms with Crippen molar-refractivity contribution in [2.45, 2.75) is 32.9 Å². The van der Waals surface area contributed by atoms with Gasteiger partial charge in [-0.25, -0.2) is 4.98 Å². The zero-order valence-corrected chi connectivity index (χ0v) is 12.7. The van der Waals surface area contributed by atoms with Gasteiger partial charge in [-0.1, -0.05) is 25.1 Å². The third-order valence-corrected chi connectivity index (χ3v) is 4.58. The van der Waals surface area contributed by atoms with E-state index in [1.54, 1.807) is 11.3 Å². The highest BCUT2D eigenvalue weighted by atomic mass is 32.1. The molecule has 2 aromatic rings. The number of nitrogens with one attached hydrogen (secondary N) is 1. The maximum atomic E-state index is 4.75. The molecule has 0 aliphatic carbocycles. The van der Waals surface area contributed by atoms with E-state index in [1.165, 1.54) is 28.4 Å². The summed E-state index contributed by atoms with van der Waals surface area (Å²) < 4.78 is 0. The Bertz CT molecular complexity index is 564. The van der Waals surface area contributed by atoms with Gasteiger partial charge in [-0.05, 0) is 24.5 Å². The van der Waals surface area contributed by atoms with Gasteiger partial charge in [-0.2, -0.15) is 0 Å². The first-order valence-corrected chi connectivity index (χ1v) is 8.21. The highest BCUT2D eigenvalue weighted by molar-refractivity contribution is 7.09. The highest BCUT2D eigenvalue weighted by Crippen LogP contribution is 2.24. The average Bonchev–Trinajstić information content (AvgIpc) is 2.80. The molecule has 0 spiro atoms. The number of aromatic nitrogens is 1. The second-order valence-electron chi connectivity index (χ2n) is 5.21. The van der Waals surface area contributed by atoms with E-state index in [4.69, 9.17) is 4.98 Å². The van der Waals surface area contributed by atoms with Crippen LogP contribution in [0.3, 0.4) is 0 Å². The number of hydrogen-bond acceptors (Lipinski definition) is 4. The Morgan fingerprint density at radius 1 is 1.35 bits per heavy atom. The van der Waals surface area contributed by atoms with Gasteiger partial charge in [-0.15, -0.1) is 11.3 Å². The fourth-order valence-corrected chi connectivity index (χ4v) is 3.53. The lowest BCUT2D eigenvalue weighted by Gasteiger charge is -2.23. The topological polar surface area (TPSA) is 28.2 Å². The molecule has 3 nitrogen and oxygen atoms in total. The van der Waals surface area contributed by atoms with Crippen LogP contribution in [0.15, 0.2) is 29.6 Å².